The maximum absolute atomic E-state index is 11.5. The van der Waals surface area contributed by atoms with Gasteiger partial charge in [-0.3, -0.25) is 0 Å². The van der Waals surface area contributed by atoms with Crippen LogP contribution in [0.2, 0.25) is 0 Å². The molecule has 3 nitrogen and oxygen atoms in total. The molecule has 0 bridgehead atoms. The number of nitrogens with one attached hydrogen (secondary N) is 1. The first-order valence-corrected chi connectivity index (χ1v) is 7.23. The lowest BCUT2D eigenvalue weighted by Gasteiger charge is -2.10. The molecule has 0 unspecified atom stereocenters. The lowest BCUT2D eigenvalue weighted by atomic mass is 10.0. The van der Waals surface area contributed by atoms with Gasteiger partial charge in [0.1, 0.15) is 6.61 Å². The van der Waals surface area contributed by atoms with Gasteiger partial charge in [0.25, 0.3) is 0 Å². The van der Waals surface area contributed by atoms with Crippen molar-refractivity contribution in [2.45, 2.75) is 26.4 Å². The number of hydrogen-bond acceptors (Lipinski definition) is 2. The Hall–Kier alpha value is -2.29. The van der Waals surface area contributed by atoms with Crippen LogP contribution in [0.15, 0.2) is 42.5 Å². The predicted molar refractivity (Wildman–Crippen MR) is 82.6 cm³/mol. The first-order chi connectivity index (χ1) is 10.3. The van der Waals surface area contributed by atoms with Crippen molar-refractivity contribution in [2.24, 2.45) is 0 Å². The number of hydrogen-bond donors (Lipinski definition) is 1. The Labute approximate surface area is 124 Å². The van der Waals surface area contributed by atoms with E-state index in [9.17, 15) is 4.79 Å². The smallest absolute Gasteiger partial charge is 0.407 e. The number of carbonyl (C=O) groups is 1. The maximum atomic E-state index is 11.5. The Kier molecular flexibility index (Phi) is 3.91. The van der Waals surface area contributed by atoms with E-state index in [2.05, 4.69) is 35.6 Å². The van der Waals surface area contributed by atoms with Gasteiger partial charge >= 0.3 is 6.09 Å². The topological polar surface area (TPSA) is 38.3 Å². The summed E-state index contributed by atoms with van der Waals surface area (Å²) in [6, 6.07) is 14.6. The molecule has 2 aromatic carbocycles. The highest BCUT2D eigenvalue weighted by Gasteiger charge is 2.20. The van der Waals surface area contributed by atoms with Gasteiger partial charge in [-0.2, -0.15) is 0 Å². The van der Waals surface area contributed by atoms with Crippen molar-refractivity contribution < 1.29 is 9.53 Å². The van der Waals surface area contributed by atoms with Crippen molar-refractivity contribution in [1.29, 1.82) is 0 Å². The second-order valence-corrected chi connectivity index (χ2v) is 5.11. The van der Waals surface area contributed by atoms with Crippen LogP contribution in [-0.2, 0) is 17.8 Å². The number of fused-ring (bicyclic) bond motifs is 3. The summed E-state index contributed by atoms with van der Waals surface area (Å²) in [4.78, 5) is 11.5. The summed E-state index contributed by atoms with van der Waals surface area (Å²) in [6.45, 7) is 3.95. The molecule has 1 radical (unpaired) electrons. The summed E-state index contributed by atoms with van der Waals surface area (Å²) in [6.07, 6.45) is 1.30. The van der Waals surface area contributed by atoms with Crippen molar-refractivity contribution in [2.75, 3.05) is 0 Å². The minimum Gasteiger partial charge on any atom is -0.445 e. The monoisotopic (exact) mass is 280 g/mol. The molecule has 2 aromatic rings. The Morgan fingerprint density at radius 3 is 2.86 bits per heavy atom. The molecule has 0 heterocycles. The molecule has 0 fully saturated rings. The van der Waals surface area contributed by atoms with Crippen molar-refractivity contribution >= 4 is 6.09 Å². The Morgan fingerprint density at radius 2 is 2.00 bits per heavy atom. The number of ether oxygens (including phenoxy) is 1. The van der Waals surface area contributed by atoms with E-state index < -0.39 is 6.09 Å². The standard InChI is InChI=1S/C18H18NO2/c1-2-10-19-18(20)21-12-14-7-5-9-16-15-8-4-3-6-13(15)11-17(14)16/h3-10H,2,11-12H2,1H3,(H,19,20). The van der Waals surface area contributed by atoms with Crippen molar-refractivity contribution in [3.63, 3.8) is 0 Å². The normalized spacial score (nSPS) is 11.7. The van der Waals surface area contributed by atoms with Crippen LogP contribution in [0.5, 0.6) is 0 Å². The first kappa shape index (κ1) is 13.7. The van der Waals surface area contributed by atoms with Gasteiger partial charge in [-0.15, -0.1) is 0 Å². The van der Waals surface area contributed by atoms with Gasteiger partial charge < -0.3 is 10.1 Å². The van der Waals surface area contributed by atoms with Crippen LogP contribution >= 0.6 is 0 Å². The molecule has 1 aliphatic carbocycles. The Morgan fingerprint density at radius 1 is 1.19 bits per heavy atom. The SMILES string of the molecule is CC[CH]NC(=O)OCc1cccc2c1Cc1ccccc1-2. The van der Waals surface area contributed by atoms with E-state index in [1.165, 1.54) is 22.3 Å². The molecule has 0 aromatic heterocycles. The summed E-state index contributed by atoms with van der Waals surface area (Å²) in [5.41, 5.74) is 6.23. The van der Waals surface area contributed by atoms with E-state index in [1.807, 2.05) is 19.1 Å². The number of amides is 1. The summed E-state index contributed by atoms with van der Waals surface area (Å²) in [7, 11) is 0. The minimum absolute atomic E-state index is 0.306. The molecule has 0 saturated heterocycles. The largest absolute Gasteiger partial charge is 0.445 e. The van der Waals surface area contributed by atoms with Gasteiger partial charge in [0, 0.05) is 0 Å². The van der Waals surface area contributed by atoms with E-state index >= 15 is 0 Å². The second-order valence-electron chi connectivity index (χ2n) is 5.11. The maximum Gasteiger partial charge on any atom is 0.407 e. The fraction of sp³-hybridized carbons (Fsp3) is 0.222. The summed E-state index contributed by atoms with van der Waals surface area (Å²) >= 11 is 0. The van der Waals surface area contributed by atoms with E-state index in [4.69, 9.17) is 4.74 Å². The van der Waals surface area contributed by atoms with E-state index in [0.717, 1.165) is 18.4 Å². The molecule has 107 valence electrons. The zero-order valence-electron chi connectivity index (χ0n) is 12.1. The molecule has 3 heteroatoms. The van der Waals surface area contributed by atoms with Gasteiger partial charge in [-0.25, -0.2) is 4.79 Å². The van der Waals surface area contributed by atoms with Gasteiger partial charge in [0.2, 0.25) is 0 Å². The molecular weight excluding hydrogens is 262 g/mol. The van der Waals surface area contributed by atoms with Crippen molar-refractivity contribution in [3.8, 4) is 11.1 Å². The van der Waals surface area contributed by atoms with Gasteiger partial charge in [0.15, 0.2) is 0 Å². The predicted octanol–water partition coefficient (Wildman–Crippen LogP) is 4.06. The molecule has 1 aliphatic rings. The molecular formula is C18H18NO2. The van der Waals surface area contributed by atoms with E-state index in [0.29, 0.717) is 6.61 Å². The van der Waals surface area contributed by atoms with Crippen LogP contribution in [0.25, 0.3) is 11.1 Å². The zero-order valence-corrected chi connectivity index (χ0v) is 12.1. The second kappa shape index (κ2) is 6.00. The van der Waals surface area contributed by atoms with E-state index in [1.54, 1.807) is 6.54 Å². The molecule has 0 spiro atoms. The van der Waals surface area contributed by atoms with E-state index in [-0.39, 0.29) is 0 Å². The summed E-state index contributed by atoms with van der Waals surface area (Å²) in [5, 5.41) is 2.60. The van der Waals surface area contributed by atoms with Gasteiger partial charge in [0.05, 0.1) is 6.54 Å². The van der Waals surface area contributed by atoms with Crippen LogP contribution in [0, 0.1) is 6.54 Å². The molecule has 0 saturated carbocycles. The third-order valence-corrected chi connectivity index (χ3v) is 3.73. The highest BCUT2D eigenvalue weighted by molar-refractivity contribution is 5.78. The fourth-order valence-corrected chi connectivity index (χ4v) is 2.73. The summed E-state index contributed by atoms with van der Waals surface area (Å²) in [5.74, 6) is 0. The summed E-state index contributed by atoms with van der Waals surface area (Å²) < 4.78 is 5.27. The van der Waals surface area contributed by atoms with Gasteiger partial charge in [-0.05, 0) is 40.7 Å². The number of alkyl carbamates (subject to hydrolysis) is 1. The fourth-order valence-electron chi connectivity index (χ4n) is 2.73. The average Bonchev–Trinajstić information content (AvgIpc) is 2.90. The van der Waals surface area contributed by atoms with Gasteiger partial charge in [-0.1, -0.05) is 49.4 Å². The quantitative estimate of drug-likeness (QED) is 0.782. The first-order valence-electron chi connectivity index (χ1n) is 7.23. The molecule has 1 amide bonds. The Balaban J connectivity index is 1.76. The number of rotatable bonds is 4. The van der Waals surface area contributed by atoms with Crippen LogP contribution in [0.1, 0.15) is 30.0 Å². The Bertz CT molecular complexity index is 664. The van der Waals surface area contributed by atoms with Crippen LogP contribution < -0.4 is 5.32 Å². The van der Waals surface area contributed by atoms with Crippen LogP contribution in [0.4, 0.5) is 4.79 Å². The molecule has 0 atom stereocenters. The minimum atomic E-state index is -0.398. The zero-order chi connectivity index (χ0) is 14.7. The highest BCUT2D eigenvalue weighted by Crippen LogP contribution is 2.38. The molecule has 0 aliphatic heterocycles. The third kappa shape index (κ3) is 2.77. The van der Waals surface area contributed by atoms with Crippen LogP contribution in [-0.4, -0.2) is 6.09 Å². The molecule has 1 N–H and O–H groups in total. The molecule has 21 heavy (non-hydrogen) atoms. The highest BCUT2D eigenvalue weighted by atomic mass is 16.5. The van der Waals surface area contributed by atoms with Crippen molar-refractivity contribution in [1.82, 2.24) is 5.32 Å². The lowest BCUT2D eigenvalue weighted by molar-refractivity contribution is 0.141. The number of carbonyl (C=O) groups excluding carboxylic acids is 1. The third-order valence-electron chi connectivity index (χ3n) is 3.73. The number of benzene rings is 2. The van der Waals surface area contributed by atoms with Crippen molar-refractivity contribution in [3.05, 3.63) is 65.7 Å². The molecule has 3 rings (SSSR count). The lowest BCUT2D eigenvalue weighted by Crippen LogP contribution is -2.21. The van der Waals surface area contributed by atoms with Crippen LogP contribution in [0.3, 0.4) is 0 Å². The average molecular weight is 280 g/mol.